The fraction of sp³-hybridized carbons (Fsp3) is 0.440. The Labute approximate surface area is 227 Å². The van der Waals surface area contributed by atoms with E-state index in [1.807, 2.05) is 0 Å². The van der Waals surface area contributed by atoms with E-state index in [9.17, 15) is 21.6 Å². The number of sulfone groups is 2. The second kappa shape index (κ2) is 12.1. The van der Waals surface area contributed by atoms with Gasteiger partial charge in [0.25, 0.3) is 0 Å². The van der Waals surface area contributed by atoms with Crippen molar-refractivity contribution in [1.82, 2.24) is 9.88 Å². The number of carbonyl (C=O) groups is 1. The number of methoxy groups -OCH3 is 1. The molecule has 0 radical (unpaired) electrons. The van der Waals surface area contributed by atoms with Gasteiger partial charge in [-0.3, -0.25) is 14.6 Å². The fourth-order valence-corrected chi connectivity index (χ4v) is 7.41. The zero-order valence-corrected chi connectivity index (χ0v) is 23.8. The van der Waals surface area contributed by atoms with E-state index in [2.05, 4.69) is 9.88 Å². The molecule has 0 aliphatic carbocycles. The Balaban J connectivity index is 1.52. The molecule has 0 spiro atoms. The highest BCUT2D eigenvalue weighted by molar-refractivity contribution is 7.91. The third-order valence-electron chi connectivity index (χ3n) is 6.27. The van der Waals surface area contributed by atoms with E-state index in [-0.39, 0.29) is 34.3 Å². The number of hydrogen-bond acceptors (Lipinski definition) is 10. The molecule has 0 atom stereocenters. The van der Waals surface area contributed by atoms with Gasteiger partial charge in [0.1, 0.15) is 11.3 Å². The molecule has 10 nitrogen and oxygen atoms in total. The van der Waals surface area contributed by atoms with Gasteiger partial charge in [-0.05, 0) is 42.8 Å². The number of rotatable bonds is 11. The highest BCUT2D eigenvalue weighted by Crippen LogP contribution is 2.33. The maximum Gasteiger partial charge on any atom is 0.228 e. The molecule has 0 unspecified atom stereocenters. The molecule has 2 aromatic carbocycles. The van der Waals surface area contributed by atoms with Crippen molar-refractivity contribution in [3.8, 4) is 5.75 Å². The first-order chi connectivity index (χ1) is 18.1. The molecule has 1 saturated heterocycles. The Kier molecular flexibility index (Phi) is 9.04. The van der Waals surface area contributed by atoms with Gasteiger partial charge in [0, 0.05) is 38.9 Å². The lowest BCUT2D eigenvalue weighted by atomic mass is 10.3. The molecule has 13 heteroatoms. The molecule has 0 saturated carbocycles. The van der Waals surface area contributed by atoms with Crippen LogP contribution in [0.4, 0.5) is 5.13 Å². The Hall–Kier alpha value is -2.58. The molecule has 1 aromatic heterocycles. The summed E-state index contributed by atoms with van der Waals surface area (Å²) in [5, 5.41) is 0.396. The largest absolute Gasteiger partial charge is 0.497 e. The van der Waals surface area contributed by atoms with Crippen LogP contribution in [0.15, 0.2) is 52.3 Å². The Morgan fingerprint density at radius 2 is 1.82 bits per heavy atom. The van der Waals surface area contributed by atoms with Gasteiger partial charge in [-0.1, -0.05) is 17.4 Å². The van der Waals surface area contributed by atoms with Crippen molar-refractivity contribution in [2.45, 2.75) is 22.6 Å². The molecule has 38 heavy (non-hydrogen) atoms. The van der Waals surface area contributed by atoms with Crippen LogP contribution in [0, 0.1) is 0 Å². The van der Waals surface area contributed by atoms with Crippen molar-refractivity contribution < 1.29 is 31.1 Å². The van der Waals surface area contributed by atoms with Gasteiger partial charge in [0.05, 0.1) is 40.6 Å². The van der Waals surface area contributed by atoms with Gasteiger partial charge in [-0.15, -0.1) is 0 Å². The van der Waals surface area contributed by atoms with Crippen LogP contribution < -0.4 is 9.64 Å². The van der Waals surface area contributed by atoms with Crippen molar-refractivity contribution in [3.63, 3.8) is 0 Å². The third kappa shape index (κ3) is 6.89. The van der Waals surface area contributed by atoms with E-state index in [1.165, 1.54) is 36.6 Å². The number of aromatic nitrogens is 1. The van der Waals surface area contributed by atoms with Crippen molar-refractivity contribution in [3.05, 3.63) is 42.5 Å². The predicted octanol–water partition coefficient (Wildman–Crippen LogP) is 2.63. The molecule has 1 fully saturated rings. The Bertz CT molecular complexity index is 1480. The summed E-state index contributed by atoms with van der Waals surface area (Å²) < 4.78 is 61.3. The molecular weight excluding hydrogens is 550 g/mol. The molecule has 0 bridgehead atoms. The summed E-state index contributed by atoms with van der Waals surface area (Å²) in [5.74, 6) is 0.119. The lowest BCUT2D eigenvalue weighted by Gasteiger charge is -2.29. The lowest BCUT2D eigenvalue weighted by molar-refractivity contribution is -0.118. The average Bonchev–Trinajstić information content (AvgIpc) is 3.32. The van der Waals surface area contributed by atoms with E-state index >= 15 is 0 Å². The topological polar surface area (TPSA) is 123 Å². The smallest absolute Gasteiger partial charge is 0.228 e. The second-order valence-corrected chi connectivity index (χ2v) is 14.1. The van der Waals surface area contributed by atoms with Crippen LogP contribution in [0.5, 0.6) is 5.75 Å². The Morgan fingerprint density at radius 1 is 1.11 bits per heavy atom. The van der Waals surface area contributed by atoms with E-state index < -0.39 is 19.7 Å². The van der Waals surface area contributed by atoms with Crippen LogP contribution in [-0.2, 0) is 29.2 Å². The number of hydrogen-bond donors (Lipinski definition) is 0. The minimum Gasteiger partial charge on any atom is -0.497 e. The van der Waals surface area contributed by atoms with Crippen LogP contribution in [0.3, 0.4) is 0 Å². The number of ether oxygens (including phenoxy) is 2. The summed E-state index contributed by atoms with van der Waals surface area (Å²) in [6.07, 6.45) is 1.28. The minimum absolute atomic E-state index is 0.00730. The molecule has 1 aliphatic heterocycles. The predicted molar refractivity (Wildman–Crippen MR) is 147 cm³/mol. The standard InChI is InChI=1S/C25H31N3O7S3/c1-34-19-8-10-20(11-9-19)38(32,33)18-4-7-23(29)28(13-12-27-14-16-35-17-15-27)25-26-24-21(36-25)5-3-6-22(24)37(2,30)31/h3,5-6,8-11H,4,7,12-18H2,1-2H3. The molecule has 4 rings (SSSR count). The molecule has 0 N–H and O–H groups in total. The van der Waals surface area contributed by atoms with Gasteiger partial charge < -0.3 is 9.47 Å². The van der Waals surface area contributed by atoms with Crippen LogP contribution in [0.25, 0.3) is 10.2 Å². The molecule has 2 heterocycles. The minimum atomic E-state index is -3.57. The molecular formula is C25H31N3O7S3. The highest BCUT2D eigenvalue weighted by atomic mass is 32.2. The molecule has 1 amide bonds. The highest BCUT2D eigenvalue weighted by Gasteiger charge is 2.24. The van der Waals surface area contributed by atoms with Gasteiger partial charge in [0.15, 0.2) is 24.8 Å². The summed E-state index contributed by atoms with van der Waals surface area (Å²) in [4.78, 5) is 22.0. The monoisotopic (exact) mass is 581 g/mol. The Morgan fingerprint density at radius 3 is 2.47 bits per heavy atom. The molecule has 1 aliphatic rings. The normalized spacial score (nSPS) is 15.0. The first kappa shape index (κ1) is 28.4. The molecule has 3 aromatic rings. The quantitative estimate of drug-likeness (QED) is 0.336. The SMILES string of the molecule is COc1ccc(S(=O)(=O)CCCC(=O)N(CCN2CCOCC2)c2nc3c(S(C)(=O)=O)cccc3s2)cc1. The van der Waals surface area contributed by atoms with Crippen LogP contribution in [0.1, 0.15) is 12.8 Å². The molecule has 206 valence electrons. The van der Waals surface area contributed by atoms with Crippen LogP contribution in [-0.4, -0.2) is 91.1 Å². The van der Waals surface area contributed by atoms with Crippen molar-refractivity contribution in [1.29, 1.82) is 0 Å². The zero-order valence-electron chi connectivity index (χ0n) is 21.3. The van der Waals surface area contributed by atoms with Crippen molar-refractivity contribution in [2.75, 3.05) is 63.4 Å². The van der Waals surface area contributed by atoms with E-state index in [0.717, 1.165) is 19.3 Å². The number of nitrogens with zero attached hydrogens (tertiary/aromatic N) is 3. The number of benzene rings is 2. The first-order valence-electron chi connectivity index (χ1n) is 12.2. The first-order valence-corrected chi connectivity index (χ1v) is 16.5. The van der Waals surface area contributed by atoms with Crippen molar-refractivity contribution in [2.24, 2.45) is 0 Å². The average molecular weight is 582 g/mol. The second-order valence-electron chi connectivity index (χ2n) is 8.97. The van der Waals surface area contributed by atoms with E-state index in [1.54, 1.807) is 29.2 Å². The number of para-hydroxylation sites is 1. The lowest BCUT2D eigenvalue weighted by Crippen LogP contribution is -2.43. The summed E-state index contributed by atoms with van der Waals surface area (Å²) in [6.45, 7) is 3.68. The van der Waals surface area contributed by atoms with Crippen molar-refractivity contribution >= 4 is 52.3 Å². The van der Waals surface area contributed by atoms with Gasteiger partial charge in [0.2, 0.25) is 5.91 Å². The number of thiazole rings is 1. The zero-order chi connectivity index (χ0) is 27.3. The fourth-order valence-electron chi connectivity index (χ4n) is 4.17. The van der Waals surface area contributed by atoms with Gasteiger partial charge in [-0.2, -0.15) is 0 Å². The van der Waals surface area contributed by atoms with Gasteiger partial charge >= 0.3 is 0 Å². The van der Waals surface area contributed by atoms with Crippen LogP contribution in [0.2, 0.25) is 0 Å². The van der Waals surface area contributed by atoms with E-state index in [4.69, 9.17) is 9.47 Å². The number of fused-ring (bicyclic) bond motifs is 1. The number of carbonyl (C=O) groups excluding carboxylic acids is 1. The number of morpholine rings is 1. The van der Waals surface area contributed by atoms with Crippen LogP contribution >= 0.6 is 11.3 Å². The maximum absolute atomic E-state index is 13.4. The summed E-state index contributed by atoms with van der Waals surface area (Å²) in [7, 11) is -5.57. The van der Waals surface area contributed by atoms with Gasteiger partial charge in [-0.25, -0.2) is 21.8 Å². The summed E-state index contributed by atoms with van der Waals surface area (Å²) >= 11 is 1.25. The van der Waals surface area contributed by atoms with E-state index in [0.29, 0.717) is 47.4 Å². The number of amides is 1. The number of anilines is 1. The summed E-state index contributed by atoms with van der Waals surface area (Å²) in [6, 6.07) is 11.1. The third-order valence-corrected chi connectivity index (χ3v) is 10.3. The summed E-state index contributed by atoms with van der Waals surface area (Å²) in [5.41, 5.74) is 0.334. The maximum atomic E-state index is 13.4.